The normalized spacial score (nSPS) is 19.3. The summed E-state index contributed by atoms with van der Waals surface area (Å²) < 4.78 is 5.71. The Kier molecular flexibility index (Phi) is 7.15. The first-order valence-electron chi connectivity index (χ1n) is 8.90. The number of piperazine rings is 1. The number of ether oxygens (including phenoxy) is 1. The fourth-order valence-electron chi connectivity index (χ4n) is 2.97. The van der Waals surface area contributed by atoms with Gasteiger partial charge in [0.15, 0.2) is 0 Å². The molecule has 1 saturated heterocycles. The van der Waals surface area contributed by atoms with Crippen LogP contribution in [0.15, 0.2) is 18.2 Å². The highest BCUT2D eigenvalue weighted by Crippen LogP contribution is 2.25. The minimum atomic E-state index is -0.593. The van der Waals surface area contributed by atoms with Gasteiger partial charge in [-0.05, 0) is 38.0 Å². The van der Waals surface area contributed by atoms with Gasteiger partial charge in [-0.3, -0.25) is 4.90 Å². The predicted octanol–water partition coefficient (Wildman–Crippen LogP) is 2.95. The van der Waals surface area contributed by atoms with Crippen molar-refractivity contribution in [2.75, 3.05) is 44.2 Å². The molecule has 0 bridgehead atoms. The van der Waals surface area contributed by atoms with Gasteiger partial charge in [0.2, 0.25) is 0 Å². The highest BCUT2D eigenvalue weighted by atomic mass is 35.5. The standard InChI is InChI=1S/C20H29ClN2O2/c1-5-20(4,6-2)25-15-18(24)14-22-9-11-23(12-10-22)19-13-17(21)8-7-16(19)3/h1,7-8,13,18,24H,6,9-12,14-15H2,2-4H3/t18-,20+/m0/s1. The second kappa shape index (κ2) is 8.91. The summed E-state index contributed by atoms with van der Waals surface area (Å²) >= 11 is 6.13. The van der Waals surface area contributed by atoms with Crippen molar-refractivity contribution in [1.82, 2.24) is 4.90 Å². The van der Waals surface area contributed by atoms with Gasteiger partial charge in [0.25, 0.3) is 0 Å². The number of aryl methyl sites for hydroxylation is 1. The van der Waals surface area contributed by atoms with Crippen LogP contribution in [0.4, 0.5) is 5.69 Å². The fourth-order valence-corrected chi connectivity index (χ4v) is 3.14. The van der Waals surface area contributed by atoms with Gasteiger partial charge in [0.1, 0.15) is 5.60 Å². The van der Waals surface area contributed by atoms with Crippen molar-refractivity contribution in [1.29, 1.82) is 0 Å². The Morgan fingerprint density at radius 2 is 2.04 bits per heavy atom. The van der Waals surface area contributed by atoms with Crippen molar-refractivity contribution < 1.29 is 9.84 Å². The van der Waals surface area contributed by atoms with E-state index in [0.717, 1.165) is 37.6 Å². The molecule has 0 amide bonds. The van der Waals surface area contributed by atoms with E-state index in [1.807, 2.05) is 26.0 Å². The zero-order valence-electron chi connectivity index (χ0n) is 15.5. The Morgan fingerprint density at radius 1 is 1.36 bits per heavy atom. The topological polar surface area (TPSA) is 35.9 Å². The molecule has 0 unspecified atom stereocenters. The second-order valence-corrected chi connectivity index (χ2v) is 7.35. The van der Waals surface area contributed by atoms with Gasteiger partial charge >= 0.3 is 0 Å². The molecule has 138 valence electrons. The molecule has 0 spiro atoms. The third-order valence-electron chi connectivity index (χ3n) is 4.93. The number of benzene rings is 1. The van der Waals surface area contributed by atoms with E-state index in [2.05, 4.69) is 28.7 Å². The van der Waals surface area contributed by atoms with E-state index in [-0.39, 0.29) is 6.61 Å². The Labute approximate surface area is 156 Å². The molecule has 1 aliphatic rings. The molecular weight excluding hydrogens is 336 g/mol. The monoisotopic (exact) mass is 364 g/mol. The van der Waals surface area contributed by atoms with Crippen LogP contribution in [0.2, 0.25) is 5.02 Å². The molecular formula is C20H29ClN2O2. The summed E-state index contributed by atoms with van der Waals surface area (Å²) in [5, 5.41) is 11.0. The van der Waals surface area contributed by atoms with Crippen molar-refractivity contribution in [3.63, 3.8) is 0 Å². The van der Waals surface area contributed by atoms with E-state index >= 15 is 0 Å². The molecule has 2 atom stereocenters. The average molecular weight is 365 g/mol. The van der Waals surface area contributed by atoms with Gasteiger partial charge in [-0.15, -0.1) is 6.42 Å². The SMILES string of the molecule is C#C[C@](C)(CC)OC[C@@H](O)CN1CCN(c2cc(Cl)ccc2C)CC1. The summed E-state index contributed by atoms with van der Waals surface area (Å²) in [6.45, 7) is 10.5. The predicted molar refractivity (Wildman–Crippen MR) is 104 cm³/mol. The van der Waals surface area contributed by atoms with Gasteiger partial charge in [0, 0.05) is 43.4 Å². The van der Waals surface area contributed by atoms with Crippen molar-refractivity contribution in [2.24, 2.45) is 0 Å². The number of nitrogens with zero attached hydrogens (tertiary/aromatic N) is 2. The third-order valence-corrected chi connectivity index (χ3v) is 5.16. The van der Waals surface area contributed by atoms with E-state index in [9.17, 15) is 5.11 Å². The van der Waals surface area contributed by atoms with Gasteiger partial charge in [-0.25, -0.2) is 0 Å². The first-order valence-corrected chi connectivity index (χ1v) is 9.28. The molecule has 5 heteroatoms. The number of terminal acetylenes is 1. The van der Waals surface area contributed by atoms with E-state index in [0.29, 0.717) is 6.54 Å². The summed E-state index contributed by atoms with van der Waals surface area (Å²) in [4.78, 5) is 4.62. The van der Waals surface area contributed by atoms with Crippen LogP contribution in [-0.2, 0) is 4.74 Å². The van der Waals surface area contributed by atoms with Crippen molar-refractivity contribution in [2.45, 2.75) is 38.9 Å². The lowest BCUT2D eigenvalue weighted by Crippen LogP contribution is -2.49. The van der Waals surface area contributed by atoms with E-state index in [4.69, 9.17) is 22.8 Å². The molecule has 0 aromatic heterocycles. The average Bonchev–Trinajstić information content (AvgIpc) is 2.62. The highest BCUT2D eigenvalue weighted by Gasteiger charge is 2.24. The number of rotatable bonds is 7. The second-order valence-electron chi connectivity index (χ2n) is 6.91. The van der Waals surface area contributed by atoms with Crippen LogP contribution >= 0.6 is 11.6 Å². The number of aliphatic hydroxyl groups is 1. The maximum atomic E-state index is 10.3. The Bertz CT molecular complexity index is 608. The Hall–Kier alpha value is -1.25. The lowest BCUT2D eigenvalue weighted by atomic mass is 10.1. The largest absolute Gasteiger partial charge is 0.389 e. The molecule has 1 aromatic carbocycles. The van der Waals surface area contributed by atoms with E-state index < -0.39 is 11.7 Å². The molecule has 1 N–H and O–H groups in total. The molecule has 0 radical (unpaired) electrons. The fraction of sp³-hybridized carbons (Fsp3) is 0.600. The lowest BCUT2D eigenvalue weighted by molar-refractivity contribution is -0.0473. The zero-order valence-corrected chi connectivity index (χ0v) is 16.2. The van der Waals surface area contributed by atoms with Crippen molar-refractivity contribution >= 4 is 17.3 Å². The highest BCUT2D eigenvalue weighted by molar-refractivity contribution is 6.30. The summed E-state index contributed by atoms with van der Waals surface area (Å²) in [5.41, 5.74) is 1.84. The minimum absolute atomic E-state index is 0.266. The van der Waals surface area contributed by atoms with Crippen LogP contribution < -0.4 is 4.90 Å². The molecule has 25 heavy (non-hydrogen) atoms. The molecule has 4 nitrogen and oxygen atoms in total. The molecule has 1 fully saturated rings. The molecule has 0 aliphatic carbocycles. The number of β-amino-alcohol motifs (C(OH)–C–C–N with tert-alkyl or cyclic N) is 1. The first-order chi connectivity index (χ1) is 11.9. The van der Waals surface area contributed by atoms with Crippen LogP contribution in [0, 0.1) is 19.3 Å². The number of hydrogen-bond acceptors (Lipinski definition) is 4. The number of anilines is 1. The Balaban J connectivity index is 1.80. The summed E-state index contributed by atoms with van der Waals surface area (Å²) in [7, 11) is 0. The van der Waals surface area contributed by atoms with Crippen LogP contribution in [0.3, 0.4) is 0 Å². The maximum absolute atomic E-state index is 10.3. The van der Waals surface area contributed by atoms with Crippen LogP contribution in [0.5, 0.6) is 0 Å². The molecule has 1 aromatic rings. The summed E-state index contributed by atoms with van der Waals surface area (Å²) in [6.07, 6.45) is 5.70. The minimum Gasteiger partial charge on any atom is -0.389 e. The molecule has 0 saturated carbocycles. The number of aliphatic hydroxyl groups excluding tert-OH is 1. The van der Waals surface area contributed by atoms with E-state index in [1.54, 1.807) is 0 Å². The molecule has 1 aliphatic heterocycles. The quantitative estimate of drug-likeness (QED) is 0.754. The zero-order chi connectivity index (χ0) is 18.4. The van der Waals surface area contributed by atoms with Crippen molar-refractivity contribution in [3.8, 4) is 12.3 Å². The van der Waals surface area contributed by atoms with Gasteiger partial charge in [-0.1, -0.05) is 30.5 Å². The maximum Gasteiger partial charge on any atom is 0.125 e. The smallest absolute Gasteiger partial charge is 0.125 e. The van der Waals surface area contributed by atoms with Gasteiger partial charge < -0.3 is 14.7 Å². The number of hydrogen-bond donors (Lipinski definition) is 1. The molecule has 2 rings (SSSR count). The van der Waals surface area contributed by atoms with Gasteiger partial charge in [0.05, 0.1) is 12.7 Å². The van der Waals surface area contributed by atoms with Crippen LogP contribution in [-0.4, -0.2) is 61.0 Å². The Morgan fingerprint density at radius 3 is 2.64 bits per heavy atom. The third kappa shape index (κ3) is 5.62. The summed E-state index contributed by atoms with van der Waals surface area (Å²) in [6, 6.07) is 6.01. The molecule has 1 heterocycles. The van der Waals surface area contributed by atoms with Gasteiger partial charge in [-0.2, -0.15) is 0 Å². The van der Waals surface area contributed by atoms with Crippen LogP contribution in [0.25, 0.3) is 0 Å². The van der Waals surface area contributed by atoms with E-state index in [1.165, 1.54) is 11.3 Å². The number of halogens is 1. The van der Waals surface area contributed by atoms with Crippen molar-refractivity contribution in [3.05, 3.63) is 28.8 Å². The lowest BCUT2D eigenvalue weighted by Gasteiger charge is -2.37. The first kappa shape index (κ1) is 20.1. The van der Waals surface area contributed by atoms with Crippen LogP contribution in [0.1, 0.15) is 25.8 Å². The summed E-state index contributed by atoms with van der Waals surface area (Å²) in [5.74, 6) is 2.66.